The minimum atomic E-state index is -4.54. The molecule has 26 heavy (non-hydrogen) atoms. The van der Waals surface area contributed by atoms with Gasteiger partial charge >= 0.3 is 0 Å². The number of aromatic nitrogens is 1. The number of rotatable bonds is 3. The molecule has 0 radical (unpaired) electrons. The maximum Gasteiger partial charge on any atom is 0.298 e. The van der Waals surface area contributed by atoms with E-state index in [1.165, 1.54) is 5.56 Å². The molecule has 0 amide bonds. The van der Waals surface area contributed by atoms with Crippen LogP contribution in [0.1, 0.15) is 24.1 Å². The van der Waals surface area contributed by atoms with Gasteiger partial charge in [-0.1, -0.05) is 35.9 Å². The molecular weight excluding hydrogens is 374 g/mol. The Labute approximate surface area is 156 Å². The summed E-state index contributed by atoms with van der Waals surface area (Å²) in [6.07, 6.45) is 0. The van der Waals surface area contributed by atoms with Crippen LogP contribution in [0.2, 0.25) is 5.02 Å². The van der Waals surface area contributed by atoms with Crippen molar-refractivity contribution in [1.29, 1.82) is 0 Å². The first kappa shape index (κ1) is 17.4. The monoisotopic (exact) mass is 391 g/mol. The van der Waals surface area contributed by atoms with Crippen molar-refractivity contribution in [3.05, 3.63) is 46.5 Å². The molecular formula is C18H18ClN3O3S. The van der Waals surface area contributed by atoms with E-state index in [2.05, 4.69) is 16.0 Å². The molecule has 136 valence electrons. The molecule has 0 spiro atoms. The van der Waals surface area contributed by atoms with Crippen LogP contribution in [0.3, 0.4) is 0 Å². The largest absolute Gasteiger partial charge is 0.397 e. The second kappa shape index (κ2) is 5.72. The summed E-state index contributed by atoms with van der Waals surface area (Å²) in [6, 6.07) is 9.56. The van der Waals surface area contributed by atoms with Crippen molar-refractivity contribution in [2.24, 2.45) is 0 Å². The minimum absolute atomic E-state index is 0.0218. The summed E-state index contributed by atoms with van der Waals surface area (Å²) in [5.74, 6) is 0. The number of hydrogen-bond donors (Lipinski definition) is 3. The van der Waals surface area contributed by atoms with Gasteiger partial charge in [0.2, 0.25) is 0 Å². The summed E-state index contributed by atoms with van der Waals surface area (Å²) in [4.78, 5) is -0.436. The van der Waals surface area contributed by atoms with E-state index in [9.17, 15) is 13.0 Å². The predicted octanol–water partition coefficient (Wildman–Crippen LogP) is 3.43. The summed E-state index contributed by atoms with van der Waals surface area (Å²) < 4.78 is 35.3. The molecule has 1 aliphatic rings. The molecule has 0 fully saturated rings. The van der Waals surface area contributed by atoms with E-state index in [0.717, 1.165) is 22.3 Å². The van der Waals surface area contributed by atoms with Gasteiger partial charge in [-0.25, -0.2) is 0 Å². The predicted molar refractivity (Wildman–Crippen MR) is 103 cm³/mol. The number of nitrogen functional groups attached to an aromatic ring is 1. The molecule has 1 aromatic heterocycles. The number of nitrogens with zero attached hydrogens (tertiary/aromatic N) is 1. The Balaban J connectivity index is 2.21. The van der Waals surface area contributed by atoms with Gasteiger partial charge in [0.1, 0.15) is 4.90 Å². The van der Waals surface area contributed by atoms with Crippen LogP contribution in [-0.4, -0.2) is 24.6 Å². The lowest BCUT2D eigenvalue weighted by molar-refractivity contribution is 0.484. The van der Waals surface area contributed by atoms with Crippen molar-refractivity contribution >= 4 is 38.3 Å². The second-order valence-electron chi connectivity index (χ2n) is 6.49. The molecule has 0 saturated heterocycles. The molecule has 2 aromatic carbocycles. The average molecular weight is 392 g/mol. The van der Waals surface area contributed by atoms with Gasteiger partial charge in [0, 0.05) is 29.1 Å². The van der Waals surface area contributed by atoms with Crippen molar-refractivity contribution in [3.63, 3.8) is 0 Å². The molecule has 4 N–H and O–H groups in total. The third-order valence-corrected chi connectivity index (χ3v) is 6.43. The van der Waals surface area contributed by atoms with Gasteiger partial charge in [-0.2, -0.15) is 8.42 Å². The molecule has 0 saturated carbocycles. The van der Waals surface area contributed by atoms with E-state index >= 15 is 0 Å². The maximum atomic E-state index is 11.8. The number of fused-ring (bicyclic) bond motifs is 5. The van der Waals surface area contributed by atoms with Crippen molar-refractivity contribution in [1.82, 2.24) is 9.88 Å². The highest BCUT2D eigenvalue weighted by molar-refractivity contribution is 7.86. The van der Waals surface area contributed by atoms with Crippen LogP contribution in [0.4, 0.5) is 5.69 Å². The SMILES string of the molecule is CNC(C)c1c2n(c3cc(Cl)c(S(=O)(=O)O)c(N)c13)Cc1ccccc1-2. The highest BCUT2D eigenvalue weighted by Gasteiger charge is 2.32. The summed E-state index contributed by atoms with van der Waals surface area (Å²) in [5, 5.41) is 3.73. The zero-order chi connectivity index (χ0) is 18.8. The van der Waals surface area contributed by atoms with Crippen LogP contribution < -0.4 is 11.1 Å². The highest BCUT2D eigenvalue weighted by Crippen LogP contribution is 2.47. The highest BCUT2D eigenvalue weighted by atomic mass is 35.5. The first-order valence-electron chi connectivity index (χ1n) is 8.12. The molecule has 0 aliphatic carbocycles. The molecule has 4 rings (SSSR count). The van der Waals surface area contributed by atoms with E-state index < -0.39 is 15.0 Å². The van der Waals surface area contributed by atoms with Gasteiger partial charge in [-0.15, -0.1) is 0 Å². The first-order valence-corrected chi connectivity index (χ1v) is 9.94. The molecule has 3 aromatic rings. The van der Waals surface area contributed by atoms with Crippen molar-refractivity contribution in [3.8, 4) is 11.3 Å². The molecule has 0 bridgehead atoms. The Morgan fingerprint density at radius 1 is 1.35 bits per heavy atom. The zero-order valence-electron chi connectivity index (χ0n) is 14.2. The molecule has 1 atom stereocenters. The van der Waals surface area contributed by atoms with Crippen molar-refractivity contribution in [2.45, 2.75) is 24.4 Å². The Hall–Kier alpha value is -2.06. The lowest BCUT2D eigenvalue weighted by Crippen LogP contribution is -2.13. The lowest BCUT2D eigenvalue weighted by Gasteiger charge is -2.15. The maximum absolute atomic E-state index is 11.8. The summed E-state index contributed by atoms with van der Waals surface area (Å²) in [7, 11) is -2.71. The third kappa shape index (κ3) is 2.28. The van der Waals surface area contributed by atoms with Gasteiger partial charge in [0.15, 0.2) is 0 Å². The molecule has 8 heteroatoms. The number of anilines is 1. The van der Waals surface area contributed by atoms with Gasteiger partial charge in [0.25, 0.3) is 10.1 Å². The number of nitrogens with two attached hydrogens (primary N) is 1. The van der Waals surface area contributed by atoms with Crippen molar-refractivity contribution < 1.29 is 13.0 Å². The third-order valence-electron chi connectivity index (χ3n) is 5.06. The smallest absolute Gasteiger partial charge is 0.298 e. The summed E-state index contributed by atoms with van der Waals surface area (Å²) in [6.45, 7) is 2.64. The minimum Gasteiger partial charge on any atom is -0.397 e. The number of halogens is 1. The van der Waals surface area contributed by atoms with E-state index in [1.54, 1.807) is 6.07 Å². The van der Waals surface area contributed by atoms with Crippen LogP contribution in [0.25, 0.3) is 22.2 Å². The normalized spacial score (nSPS) is 14.5. The molecule has 2 heterocycles. The summed E-state index contributed by atoms with van der Waals surface area (Å²) >= 11 is 6.18. The van der Waals surface area contributed by atoms with E-state index in [1.807, 2.05) is 32.2 Å². The topological polar surface area (TPSA) is 97.3 Å². The van der Waals surface area contributed by atoms with E-state index in [4.69, 9.17) is 17.3 Å². The second-order valence-corrected chi connectivity index (χ2v) is 8.25. The van der Waals surface area contributed by atoms with E-state index in [0.29, 0.717) is 11.9 Å². The fraction of sp³-hybridized carbons (Fsp3) is 0.222. The van der Waals surface area contributed by atoms with Crippen LogP contribution in [-0.2, 0) is 16.7 Å². The Kier molecular flexibility index (Phi) is 3.82. The van der Waals surface area contributed by atoms with Crippen LogP contribution in [0.15, 0.2) is 35.2 Å². The van der Waals surface area contributed by atoms with Gasteiger partial charge < -0.3 is 15.6 Å². The molecule has 1 unspecified atom stereocenters. The quantitative estimate of drug-likeness (QED) is 0.367. The fourth-order valence-electron chi connectivity index (χ4n) is 3.86. The number of nitrogens with one attached hydrogen (secondary N) is 1. The van der Waals surface area contributed by atoms with Crippen molar-refractivity contribution in [2.75, 3.05) is 12.8 Å². The zero-order valence-corrected chi connectivity index (χ0v) is 15.8. The van der Waals surface area contributed by atoms with Gasteiger partial charge in [-0.05, 0) is 25.6 Å². The number of hydrogen-bond acceptors (Lipinski definition) is 4. The Bertz CT molecular complexity index is 1170. The fourth-order valence-corrected chi connectivity index (χ4v) is 5.04. The van der Waals surface area contributed by atoms with E-state index in [-0.39, 0.29) is 16.8 Å². The lowest BCUT2D eigenvalue weighted by atomic mass is 9.97. The first-order chi connectivity index (χ1) is 12.3. The standard InChI is InChI=1S/C18H18ClN3O3S/c1-9(21-2)14-15-13(7-12(19)18(16(15)20)26(23,24)25)22-8-10-5-3-4-6-11(10)17(14)22/h3-7,9,21H,8,20H2,1-2H3,(H,23,24,25). The average Bonchev–Trinajstić information content (AvgIpc) is 3.08. The molecule has 1 aliphatic heterocycles. The molecule has 6 nitrogen and oxygen atoms in total. The number of benzene rings is 2. The summed E-state index contributed by atoms with van der Waals surface area (Å²) in [5.41, 5.74) is 11.1. The van der Waals surface area contributed by atoms with Crippen LogP contribution in [0.5, 0.6) is 0 Å². The Morgan fingerprint density at radius 2 is 2.04 bits per heavy atom. The van der Waals surface area contributed by atoms with Gasteiger partial charge in [-0.3, -0.25) is 4.55 Å². The van der Waals surface area contributed by atoms with Crippen LogP contribution in [0, 0.1) is 0 Å². The van der Waals surface area contributed by atoms with Crippen LogP contribution >= 0.6 is 11.6 Å². The van der Waals surface area contributed by atoms with Gasteiger partial charge in [0.05, 0.1) is 21.9 Å². The Morgan fingerprint density at radius 3 is 2.69 bits per heavy atom.